The molecule has 0 fully saturated rings. The third kappa shape index (κ3) is 2.45. The summed E-state index contributed by atoms with van der Waals surface area (Å²) in [7, 11) is 0. The molecule has 0 aliphatic carbocycles. The van der Waals surface area contributed by atoms with Crippen molar-refractivity contribution in [2.45, 2.75) is 6.92 Å². The molecule has 0 spiro atoms. The van der Waals surface area contributed by atoms with E-state index in [0.717, 1.165) is 10.9 Å². The van der Waals surface area contributed by atoms with Crippen molar-refractivity contribution < 1.29 is 9.21 Å². The summed E-state index contributed by atoms with van der Waals surface area (Å²) in [6, 6.07) is 12.5. The molecule has 2 aromatic carbocycles. The van der Waals surface area contributed by atoms with E-state index in [1.807, 2.05) is 12.1 Å². The Labute approximate surface area is 125 Å². The third-order valence-electron chi connectivity index (χ3n) is 3.07. The maximum Gasteiger partial charge on any atom is 0.159 e. The fraction of sp³-hybridized carbons (Fsp3) is 0.0625. The normalized spacial score (nSPS) is 10.9. The molecule has 20 heavy (non-hydrogen) atoms. The van der Waals surface area contributed by atoms with Crippen LogP contribution >= 0.6 is 23.2 Å². The Balaban J connectivity index is 2.15. The molecule has 0 radical (unpaired) electrons. The first-order valence-corrected chi connectivity index (χ1v) is 6.79. The van der Waals surface area contributed by atoms with Crippen LogP contribution in [0.25, 0.3) is 22.3 Å². The van der Waals surface area contributed by atoms with Gasteiger partial charge >= 0.3 is 0 Å². The Bertz CT molecular complexity index is 798. The van der Waals surface area contributed by atoms with Gasteiger partial charge in [-0.2, -0.15) is 0 Å². The first-order chi connectivity index (χ1) is 9.52. The molecule has 0 N–H and O–H groups in total. The average Bonchev–Trinajstić information content (AvgIpc) is 2.80. The lowest BCUT2D eigenvalue weighted by Gasteiger charge is -1.99. The SMILES string of the molecule is CC(=O)c1ccc2cc(-c3cc(Cl)cc(Cl)c3)oc2c1. The van der Waals surface area contributed by atoms with Gasteiger partial charge in [-0.25, -0.2) is 0 Å². The zero-order valence-corrected chi connectivity index (χ0v) is 12.1. The van der Waals surface area contributed by atoms with Crippen LogP contribution in [0.2, 0.25) is 10.0 Å². The van der Waals surface area contributed by atoms with Gasteiger partial charge in [-0.3, -0.25) is 4.79 Å². The lowest BCUT2D eigenvalue weighted by Crippen LogP contribution is -1.89. The minimum atomic E-state index is 0.00986. The van der Waals surface area contributed by atoms with Crippen molar-refractivity contribution in [1.29, 1.82) is 0 Å². The highest BCUT2D eigenvalue weighted by Gasteiger charge is 2.09. The van der Waals surface area contributed by atoms with E-state index in [-0.39, 0.29) is 5.78 Å². The standard InChI is InChI=1S/C16H10Cl2O2/c1-9(19)10-2-3-11-7-16(20-15(11)6-10)12-4-13(17)8-14(18)5-12/h2-8H,1H3. The van der Waals surface area contributed by atoms with Gasteiger partial charge in [0, 0.05) is 26.6 Å². The molecule has 0 bridgehead atoms. The van der Waals surface area contributed by atoms with Gasteiger partial charge < -0.3 is 4.42 Å². The number of hydrogen-bond acceptors (Lipinski definition) is 2. The quantitative estimate of drug-likeness (QED) is 0.576. The maximum absolute atomic E-state index is 11.4. The number of carbonyl (C=O) groups is 1. The summed E-state index contributed by atoms with van der Waals surface area (Å²) in [5, 5.41) is 2.04. The summed E-state index contributed by atoms with van der Waals surface area (Å²) in [5.41, 5.74) is 2.11. The van der Waals surface area contributed by atoms with E-state index in [4.69, 9.17) is 27.6 Å². The van der Waals surface area contributed by atoms with E-state index in [1.165, 1.54) is 6.92 Å². The highest BCUT2D eigenvalue weighted by atomic mass is 35.5. The first-order valence-electron chi connectivity index (χ1n) is 6.04. The van der Waals surface area contributed by atoms with Crippen molar-refractivity contribution in [2.75, 3.05) is 0 Å². The van der Waals surface area contributed by atoms with E-state index in [2.05, 4.69) is 0 Å². The van der Waals surface area contributed by atoms with Gasteiger partial charge in [0.15, 0.2) is 5.78 Å². The average molecular weight is 305 g/mol. The van der Waals surface area contributed by atoms with Gasteiger partial charge in [0.2, 0.25) is 0 Å². The van der Waals surface area contributed by atoms with E-state index < -0.39 is 0 Å². The van der Waals surface area contributed by atoms with Gasteiger partial charge in [-0.1, -0.05) is 35.3 Å². The van der Waals surface area contributed by atoms with Gasteiger partial charge in [-0.15, -0.1) is 0 Å². The minimum Gasteiger partial charge on any atom is -0.456 e. The lowest BCUT2D eigenvalue weighted by molar-refractivity contribution is 0.101. The number of furan rings is 1. The summed E-state index contributed by atoms with van der Waals surface area (Å²) < 4.78 is 5.79. The summed E-state index contributed by atoms with van der Waals surface area (Å²) in [5.74, 6) is 0.681. The van der Waals surface area contributed by atoms with Gasteiger partial charge in [0.25, 0.3) is 0 Å². The number of Topliss-reactive ketones (excluding diaryl/α,β-unsaturated/α-hetero) is 1. The molecule has 0 saturated carbocycles. The maximum atomic E-state index is 11.4. The van der Waals surface area contributed by atoms with Crippen LogP contribution in [0.5, 0.6) is 0 Å². The van der Waals surface area contributed by atoms with E-state index in [9.17, 15) is 4.79 Å². The Morgan fingerprint density at radius 2 is 1.70 bits per heavy atom. The van der Waals surface area contributed by atoms with Crippen molar-refractivity contribution in [3.8, 4) is 11.3 Å². The molecule has 3 rings (SSSR count). The van der Waals surface area contributed by atoms with Crippen molar-refractivity contribution in [3.05, 3.63) is 58.1 Å². The number of hydrogen-bond donors (Lipinski definition) is 0. The second-order valence-corrected chi connectivity index (χ2v) is 5.45. The number of fused-ring (bicyclic) bond motifs is 1. The molecule has 1 aromatic heterocycles. The Hall–Kier alpha value is -1.77. The topological polar surface area (TPSA) is 30.2 Å². The van der Waals surface area contributed by atoms with Crippen molar-refractivity contribution in [2.24, 2.45) is 0 Å². The Morgan fingerprint density at radius 1 is 1.00 bits per heavy atom. The molecule has 0 unspecified atom stereocenters. The van der Waals surface area contributed by atoms with Crippen LogP contribution in [0.4, 0.5) is 0 Å². The van der Waals surface area contributed by atoms with E-state index in [0.29, 0.717) is 27.0 Å². The molecule has 0 atom stereocenters. The summed E-state index contributed by atoms with van der Waals surface area (Å²) in [6.07, 6.45) is 0. The Kier molecular flexibility index (Phi) is 3.28. The molecule has 0 saturated heterocycles. The van der Waals surface area contributed by atoms with Gasteiger partial charge in [-0.05, 0) is 37.3 Å². The van der Waals surface area contributed by atoms with Crippen LogP contribution in [-0.2, 0) is 0 Å². The number of rotatable bonds is 2. The molecule has 4 heteroatoms. The fourth-order valence-corrected chi connectivity index (χ4v) is 2.61. The van der Waals surface area contributed by atoms with Gasteiger partial charge in [0.1, 0.15) is 11.3 Å². The second-order valence-electron chi connectivity index (χ2n) is 4.58. The zero-order valence-electron chi connectivity index (χ0n) is 10.6. The summed E-state index contributed by atoms with van der Waals surface area (Å²) >= 11 is 12.0. The van der Waals surface area contributed by atoms with Crippen LogP contribution in [0, 0.1) is 0 Å². The summed E-state index contributed by atoms with van der Waals surface area (Å²) in [6.45, 7) is 1.53. The van der Waals surface area contributed by atoms with E-state index >= 15 is 0 Å². The molecular weight excluding hydrogens is 295 g/mol. The molecular formula is C16H10Cl2O2. The lowest BCUT2D eigenvalue weighted by atomic mass is 10.1. The molecule has 3 aromatic rings. The highest BCUT2D eigenvalue weighted by molar-refractivity contribution is 6.35. The first kappa shape index (κ1) is 13.2. The Morgan fingerprint density at radius 3 is 2.35 bits per heavy atom. The molecule has 0 aliphatic rings. The molecule has 100 valence electrons. The summed E-state index contributed by atoms with van der Waals surface area (Å²) in [4.78, 5) is 11.4. The predicted octanol–water partition coefficient (Wildman–Crippen LogP) is 5.61. The van der Waals surface area contributed by atoms with Crippen LogP contribution in [0.15, 0.2) is 46.9 Å². The van der Waals surface area contributed by atoms with Crippen molar-refractivity contribution in [1.82, 2.24) is 0 Å². The van der Waals surface area contributed by atoms with Crippen LogP contribution in [-0.4, -0.2) is 5.78 Å². The van der Waals surface area contributed by atoms with Crippen molar-refractivity contribution >= 4 is 40.0 Å². The third-order valence-corrected chi connectivity index (χ3v) is 3.51. The van der Waals surface area contributed by atoms with Crippen LogP contribution in [0.1, 0.15) is 17.3 Å². The molecule has 1 heterocycles. The molecule has 0 aliphatic heterocycles. The number of ketones is 1. The predicted molar refractivity (Wildman–Crippen MR) is 81.7 cm³/mol. The van der Waals surface area contributed by atoms with Crippen molar-refractivity contribution in [3.63, 3.8) is 0 Å². The number of carbonyl (C=O) groups excluding carboxylic acids is 1. The highest BCUT2D eigenvalue weighted by Crippen LogP contribution is 2.32. The monoisotopic (exact) mass is 304 g/mol. The molecule has 0 amide bonds. The molecule has 2 nitrogen and oxygen atoms in total. The second kappa shape index (κ2) is 4.97. The number of benzene rings is 2. The smallest absolute Gasteiger partial charge is 0.159 e. The minimum absolute atomic E-state index is 0.00986. The van der Waals surface area contributed by atoms with Crippen LogP contribution < -0.4 is 0 Å². The van der Waals surface area contributed by atoms with E-state index in [1.54, 1.807) is 30.3 Å². The van der Waals surface area contributed by atoms with Gasteiger partial charge in [0.05, 0.1) is 0 Å². The fourth-order valence-electron chi connectivity index (χ4n) is 2.09. The van der Waals surface area contributed by atoms with Crippen LogP contribution in [0.3, 0.4) is 0 Å². The zero-order chi connectivity index (χ0) is 14.3. The number of halogens is 2. The largest absolute Gasteiger partial charge is 0.456 e.